The lowest BCUT2D eigenvalue weighted by atomic mass is 10.1. The van der Waals surface area contributed by atoms with Gasteiger partial charge in [0, 0.05) is 6.61 Å². The standard InChI is InChI=1S/C10H18O3S/c1-10(9-3-2-6-14-9)12-7-8(13-10)4-5-11/h8-9,11H,2-7H2,1H3. The molecule has 0 bridgehead atoms. The Morgan fingerprint density at radius 3 is 3.07 bits per heavy atom. The molecule has 2 aliphatic rings. The van der Waals surface area contributed by atoms with Gasteiger partial charge in [-0.3, -0.25) is 0 Å². The molecule has 0 aromatic rings. The van der Waals surface area contributed by atoms with Gasteiger partial charge in [0.15, 0.2) is 5.79 Å². The minimum Gasteiger partial charge on any atom is -0.396 e. The van der Waals surface area contributed by atoms with E-state index >= 15 is 0 Å². The number of hydrogen-bond acceptors (Lipinski definition) is 4. The van der Waals surface area contributed by atoms with Crippen LogP contribution in [0.3, 0.4) is 0 Å². The minimum absolute atomic E-state index is 0.0891. The van der Waals surface area contributed by atoms with Crippen LogP contribution in [0.4, 0.5) is 0 Å². The minimum atomic E-state index is -0.402. The van der Waals surface area contributed by atoms with Gasteiger partial charge in [0.1, 0.15) is 0 Å². The Bertz CT molecular complexity index is 194. The molecule has 0 spiro atoms. The van der Waals surface area contributed by atoms with Gasteiger partial charge in [0.2, 0.25) is 0 Å². The second-order valence-electron chi connectivity index (χ2n) is 4.08. The van der Waals surface area contributed by atoms with Crippen molar-refractivity contribution in [1.82, 2.24) is 0 Å². The fraction of sp³-hybridized carbons (Fsp3) is 1.00. The molecule has 0 aromatic carbocycles. The molecule has 3 nitrogen and oxygen atoms in total. The van der Waals surface area contributed by atoms with Crippen molar-refractivity contribution in [3.63, 3.8) is 0 Å². The summed E-state index contributed by atoms with van der Waals surface area (Å²) >= 11 is 1.95. The predicted molar refractivity (Wildman–Crippen MR) is 56.4 cm³/mol. The highest BCUT2D eigenvalue weighted by atomic mass is 32.2. The van der Waals surface area contributed by atoms with Crippen LogP contribution in [0, 0.1) is 0 Å². The zero-order valence-electron chi connectivity index (χ0n) is 8.57. The molecule has 2 fully saturated rings. The Morgan fingerprint density at radius 2 is 2.43 bits per heavy atom. The summed E-state index contributed by atoms with van der Waals surface area (Å²) in [6.07, 6.45) is 3.23. The van der Waals surface area contributed by atoms with Gasteiger partial charge in [-0.2, -0.15) is 11.8 Å². The molecule has 0 amide bonds. The van der Waals surface area contributed by atoms with E-state index in [0.29, 0.717) is 18.3 Å². The summed E-state index contributed by atoms with van der Waals surface area (Å²) in [4.78, 5) is 0. The average molecular weight is 218 g/mol. The van der Waals surface area contributed by atoms with Crippen molar-refractivity contribution in [3.05, 3.63) is 0 Å². The van der Waals surface area contributed by atoms with Crippen LogP contribution in [0.5, 0.6) is 0 Å². The second kappa shape index (κ2) is 4.39. The van der Waals surface area contributed by atoms with Gasteiger partial charge in [-0.1, -0.05) is 0 Å². The SMILES string of the molecule is CC1(C2CCCS2)OCC(CCO)O1. The Hall–Kier alpha value is 0.230. The van der Waals surface area contributed by atoms with Crippen LogP contribution in [0.2, 0.25) is 0 Å². The number of rotatable bonds is 3. The molecule has 1 N–H and O–H groups in total. The highest BCUT2D eigenvalue weighted by molar-refractivity contribution is 8.00. The van der Waals surface area contributed by atoms with E-state index in [1.807, 2.05) is 18.7 Å². The summed E-state index contributed by atoms with van der Waals surface area (Å²) in [5.41, 5.74) is 0. The monoisotopic (exact) mass is 218 g/mol. The maximum atomic E-state index is 8.82. The summed E-state index contributed by atoms with van der Waals surface area (Å²) in [6, 6.07) is 0. The molecule has 2 aliphatic heterocycles. The molecule has 3 atom stereocenters. The number of aliphatic hydroxyl groups is 1. The molecule has 82 valence electrons. The molecule has 0 saturated carbocycles. The second-order valence-corrected chi connectivity index (χ2v) is 5.39. The first-order valence-electron chi connectivity index (χ1n) is 5.29. The van der Waals surface area contributed by atoms with Gasteiger partial charge in [0.05, 0.1) is 18.0 Å². The lowest BCUT2D eigenvalue weighted by Crippen LogP contribution is -2.37. The van der Waals surface area contributed by atoms with Crippen LogP contribution in [0.1, 0.15) is 26.2 Å². The quantitative estimate of drug-likeness (QED) is 0.777. The van der Waals surface area contributed by atoms with Crippen molar-refractivity contribution in [2.45, 2.75) is 43.3 Å². The average Bonchev–Trinajstić information content (AvgIpc) is 2.75. The van der Waals surface area contributed by atoms with E-state index in [1.165, 1.54) is 18.6 Å². The van der Waals surface area contributed by atoms with Crippen LogP contribution in [0.25, 0.3) is 0 Å². The van der Waals surface area contributed by atoms with E-state index in [9.17, 15) is 0 Å². The molecule has 0 aromatic heterocycles. The molecule has 3 unspecified atom stereocenters. The lowest BCUT2D eigenvalue weighted by Gasteiger charge is -2.29. The largest absolute Gasteiger partial charge is 0.396 e. The Labute approximate surface area is 89.2 Å². The first kappa shape index (κ1) is 10.7. The topological polar surface area (TPSA) is 38.7 Å². The first-order valence-corrected chi connectivity index (χ1v) is 6.34. The summed E-state index contributed by atoms with van der Waals surface area (Å²) in [6.45, 7) is 2.85. The van der Waals surface area contributed by atoms with Crippen LogP contribution in [0.15, 0.2) is 0 Å². The maximum absolute atomic E-state index is 8.82. The molecule has 2 rings (SSSR count). The van der Waals surface area contributed by atoms with Crippen molar-refractivity contribution >= 4 is 11.8 Å². The smallest absolute Gasteiger partial charge is 0.177 e. The third-order valence-corrected chi connectivity index (χ3v) is 4.51. The van der Waals surface area contributed by atoms with E-state index < -0.39 is 5.79 Å². The van der Waals surface area contributed by atoms with Crippen molar-refractivity contribution in [1.29, 1.82) is 0 Å². The Morgan fingerprint density at radius 1 is 1.57 bits per heavy atom. The van der Waals surface area contributed by atoms with Crippen molar-refractivity contribution < 1.29 is 14.6 Å². The van der Waals surface area contributed by atoms with Crippen molar-refractivity contribution in [3.8, 4) is 0 Å². The third kappa shape index (κ3) is 2.08. The highest BCUT2D eigenvalue weighted by Crippen LogP contribution is 2.40. The van der Waals surface area contributed by atoms with Gasteiger partial charge in [-0.25, -0.2) is 0 Å². The van der Waals surface area contributed by atoms with Crippen molar-refractivity contribution in [2.75, 3.05) is 19.0 Å². The van der Waals surface area contributed by atoms with E-state index in [1.54, 1.807) is 0 Å². The number of ether oxygens (including phenoxy) is 2. The number of aliphatic hydroxyl groups excluding tert-OH is 1. The van der Waals surface area contributed by atoms with Crippen molar-refractivity contribution in [2.24, 2.45) is 0 Å². The zero-order valence-corrected chi connectivity index (χ0v) is 9.39. The molecule has 14 heavy (non-hydrogen) atoms. The van der Waals surface area contributed by atoms with Gasteiger partial charge < -0.3 is 14.6 Å². The summed E-state index contributed by atoms with van der Waals surface area (Å²) in [7, 11) is 0. The summed E-state index contributed by atoms with van der Waals surface area (Å²) in [5, 5.41) is 9.30. The van der Waals surface area contributed by atoms with E-state index in [0.717, 1.165) is 0 Å². The first-order chi connectivity index (χ1) is 6.74. The molecule has 0 radical (unpaired) electrons. The molecular weight excluding hydrogens is 200 g/mol. The maximum Gasteiger partial charge on any atom is 0.177 e. The van der Waals surface area contributed by atoms with E-state index in [4.69, 9.17) is 14.6 Å². The van der Waals surface area contributed by atoms with Crippen LogP contribution < -0.4 is 0 Å². The van der Waals surface area contributed by atoms with Crippen LogP contribution in [-0.4, -0.2) is 41.2 Å². The summed E-state index contributed by atoms with van der Waals surface area (Å²) in [5.74, 6) is 0.818. The van der Waals surface area contributed by atoms with Gasteiger partial charge in [-0.05, 0) is 31.9 Å². The normalized spacial score (nSPS) is 43.3. The molecule has 2 saturated heterocycles. The molecule has 2 heterocycles. The van der Waals surface area contributed by atoms with Gasteiger partial charge >= 0.3 is 0 Å². The highest BCUT2D eigenvalue weighted by Gasteiger charge is 2.45. The van der Waals surface area contributed by atoms with Crippen LogP contribution >= 0.6 is 11.8 Å². The molecular formula is C10H18O3S. The van der Waals surface area contributed by atoms with E-state index in [-0.39, 0.29) is 12.7 Å². The fourth-order valence-corrected chi connectivity index (χ4v) is 3.48. The fourth-order valence-electron chi connectivity index (χ4n) is 2.10. The molecule has 0 aliphatic carbocycles. The van der Waals surface area contributed by atoms with Gasteiger partial charge in [-0.15, -0.1) is 0 Å². The third-order valence-electron chi connectivity index (χ3n) is 2.92. The lowest BCUT2D eigenvalue weighted by molar-refractivity contribution is -0.154. The predicted octanol–water partition coefficient (Wildman–Crippen LogP) is 1.40. The zero-order chi connectivity index (χ0) is 10.0. The summed E-state index contributed by atoms with van der Waals surface area (Å²) < 4.78 is 11.6. The number of hydrogen-bond donors (Lipinski definition) is 1. The Kier molecular flexibility index (Phi) is 3.37. The van der Waals surface area contributed by atoms with Crippen LogP contribution in [-0.2, 0) is 9.47 Å². The van der Waals surface area contributed by atoms with E-state index in [2.05, 4.69) is 0 Å². The number of thioether (sulfide) groups is 1. The Balaban J connectivity index is 1.90. The van der Waals surface area contributed by atoms with Gasteiger partial charge in [0.25, 0.3) is 0 Å². The molecule has 4 heteroatoms.